The van der Waals surface area contributed by atoms with E-state index in [1.807, 2.05) is 0 Å². The number of rotatable bonds is 5. The molecular formula is C13H13N3O5. The third-order valence-electron chi connectivity index (χ3n) is 2.81. The number of furan rings is 1. The van der Waals surface area contributed by atoms with Gasteiger partial charge in [-0.1, -0.05) is 0 Å². The van der Waals surface area contributed by atoms with Crippen LogP contribution in [-0.2, 0) is 11.3 Å². The number of ether oxygens (including phenoxy) is 1. The van der Waals surface area contributed by atoms with E-state index in [1.54, 1.807) is 18.0 Å². The van der Waals surface area contributed by atoms with Crippen LogP contribution in [0.15, 0.2) is 35.1 Å². The molecule has 0 saturated heterocycles. The van der Waals surface area contributed by atoms with Crippen molar-refractivity contribution in [2.24, 2.45) is 0 Å². The molecule has 0 aromatic carbocycles. The monoisotopic (exact) mass is 291 g/mol. The molecule has 0 amide bonds. The third kappa shape index (κ3) is 3.16. The van der Waals surface area contributed by atoms with Gasteiger partial charge in [-0.3, -0.25) is 10.1 Å². The third-order valence-corrected chi connectivity index (χ3v) is 2.81. The molecule has 0 N–H and O–H groups in total. The number of carbonyl (C=O) groups excluding carboxylic acids is 1. The van der Waals surface area contributed by atoms with Crippen molar-refractivity contribution >= 4 is 17.5 Å². The molecule has 8 nitrogen and oxygen atoms in total. The molecular weight excluding hydrogens is 278 g/mol. The minimum atomic E-state index is -0.650. The summed E-state index contributed by atoms with van der Waals surface area (Å²) >= 11 is 0. The van der Waals surface area contributed by atoms with Crippen LogP contribution < -0.4 is 4.90 Å². The van der Waals surface area contributed by atoms with E-state index >= 15 is 0 Å². The van der Waals surface area contributed by atoms with Crippen LogP contribution in [0, 0.1) is 10.1 Å². The first kappa shape index (κ1) is 14.5. The lowest BCUT2D eigenvalue weighted by Gasteiger charge is -2.17. The normalized spacial score (nSPS) is 10.2. The zero-order valence-electron chi connectivity index (χ0n) is 11.5. The molecule has 0 aliphatic heterocycles. The van der Waals surface area contributed by atoms with Crippen molar-refractivity contribution in [3.8, 4) is 0 Å². The average molecular weight is 291 g/mol. The number of hydrogen-bond acceptors (Lipinski definition) is 7. The highest BCUT2D eigenvalue weighted by Crippen LogP contribution is 2.26. The number of aromatic nitrogens is 1. The van der Waals surface area contributed by atoms with Gasteiger partial charge in [0.25, 0.3) is 0 Å². The van der Waals surface area contributed by atoms with Crippen LogP contribution in [-0.4, -0.2) is 30.0 Å². The standard InChI is InChI=1S/C13H13N3O5/c1-15(7-9-5-6-21-8-9)12-11(16(18)19)4-3-10(14-12)13(17)20-2/h3-6,8H,7H2,1-2H3. The van der Waals surface area contributed by atoms with E-state index in [9.17, 15) is 14.9 Å². The first-order valence-electron chi connectivity index (χ1n) is 5.99. The maximum Gasteiger partial charge on any atom is 0.356 e. The molecule has 0 fully saturated rings. The number of methoxy groups -OCH3 is 1. The largest absolute Gasteiger partial charge is 0.472 e. The maximum atomic E-state index is 11.5. The number of nitro groups is 1. The molecule has 2 aromatic rings. The maximum absolute atomic E-state index is 11.5. The van der Waals surface area contributed by atoms with Gasteiger partial charge in [0.05, 0.1) is 24.6 Å². The lowest BCUT2D eigenvalue weighted by atomic mass is 10.2. The summed E-state index contributed by atoms with van der Waals surface area (Å²) in [5, 5.41) is 11.1. The molecule has 0 aliphatic rings. The quantitative estimate of drug-likeness (QED) is 0.472. The van der Waals surface area contributed by atoms with Crippen LogP contribution in [0.3, 0.4) is 0 Å². The topological polar surface area (TPSA) is 98.7 Å². The number of hydrogen-bond donors (Lipinski definition) is 0. The number of anilines is 1. The van der Waals surface area contributed by atoms with Crippen molar-refractivity contribution in [2.75, 3.05) is 19.1 Å². The van der Waals surface area contributed by atoms with Crippen LogP contribution in [0.25, 0.3) is 0 Å². The SMILES string of the molecule is COC(=O)c1ccc([N+](=O)[O-])c(N(C)Cc2ccoc2)n1. The van der Waals surface area contributed by atoms with Gasteiger partial charge in [-0.15, -0.1) is 0 Å². The van der Waals surface area contributed by atoms with E-state index in [-0.39, 0.29) is 17.2 Å². The Morgan fingerprint density at radius 1 is 1.48 bits per heavy atom. The van der Waals surface area contributed by atoms with Gasteiger partial charge in [-0.2, -0.15) is 0 Å². The van der Waals surface area contributed by atoms with Gasteiger partial charge in [0, 0.05) is 25.2 Å². The van der Waals surface area contributed by atoms with E-state index in [2.05, 4.69) is 9.72 Å². The van der Waals surface area contributed by atoms with E-state index in [4.69, 9.17) is 4.42 Å². The molecule has 0 aliphatic carbocycles. The number of carbonyl (C=O) groups is 1. The minimum absolute atomic E-state index is 0.0112. The van der Waals surface area contributed by atoms with Crippen molar-refractivity contribution in [1.29, 1.82) is 0 Å². The summed E-state index contributed by atoms with van der Waals surface area (Å²) in [7, 11) is 2.86. The highest BCUT2D eigenvalue weighted by Gasteiger charge is 2.22. The van der Waals surface area contributed by atoms with Gasteiger partial charge in [0.1, 0.15) is 0 Å². The lowest BCUT2D eigenvalue weighted by molar-refractivity contribution is -0.384. The van der Waals surface area contributed by atoms with Crippen LogP contribution >= 0.6 is 0 Å². The fourth-order valence-corrected chi connectivity index (χ4v) is 1.81. The molecule has 2 heterocycles. The van der Waals surface area contributed by atoms with Crippen molar-refractivity contribution in [3.05, 3.63) is 52.1 Å². The number of nitrogens with zero attached hydrogens (tertiary/aromatic N) is 3. The van der Waals surface area contributed by atoms with Gasteiger partial charge in [0.15, 0.2) is 5.69 Å². The Hall–Kier alpha value is -2.90. The van der Waals surface area contributed by atoms with Gasteiger partial charge in [-0.25, -0.2) is 9.78 Å². The smallest absolute Gasteiger partial charge is 0.356 e. The second-order valence-electron chi connectivity index (χ2n) is 4.28. The Morgan fingerprint density at radius 2 is 2.24 bits per heavy atom. The average Bonchev–Trinajstić information content (AvgIpc) is 2.98. The van der Waals surface area contributed by atoms with Gasteiger partial charge < -0.3 is 14.1 Å². The zero-order valence-corrected chi connectivity index (χ0v) is 11.5. The zero-order chi connectivity index (χ0) is 15.4. The summed E-state index contributed by atoms with van der Waals surface area (Å²) in [6.07, 6.45) is 3.04. The molecule has 0 atom stereocenters. The molecule has 2 rings (SSSR count). The Labute approximate surface area is 120 Å². The van der Waals surface area contributed by atoms with Crippen LogP contribution in [0.1, 0.15) is 16.1 Å². The second-order valence-corrected chi connectivity index (χ2v) is 4.28. The molecule has 0 spiro atoms. The highest BCUT2D eigenvalue weighted by molar-refractivity contribution is 5.88. The molecule has 21 heavy (non-hydrogen) atoms. The summed E-state index contributed by atoms with van der Waals surface area (Å²) in [6.45, 7) is 0.356. The Balaban J connectivity index is 2.37. The van der Waals surface area contributed by atoms with Gasteiger partial charge >= 0.3 is 11.7 Å². The summed E-state index contributed by atoms with van der Waals surface area (Å²) in [5.74, 6) is -0.563. The Kier molecular flexibility index (Phi) is 4.17. The van der Waals surface area contributed by atoms with Gasteiger partial charge in [0.2, 0.25) is 5.82 Å². The van der Waals surface area contributed by atoms with Crippen molar-refractivity contribution < 1.29 is 18.9 Å². The lowest BCUT2D eigenvalue weighted by Crippen LogP contribution is -2.20. The molecule has 0 bridgehead atoms. The van der Waals surface area contributed by atoms with E-state index in [0.717, 1.165) is 5.56 Å². The summed E-state index contributed by atoms with van der Waals surface area (Å²) in [5.41, 5.74) is 0.655. The van der Waals surface area contributed by atoms with E-state index < -0.39 is 10.9 Å². The number of pyridine rings is 1. The fraction of sp³-hybridized carbons (Fsp3) is 0.231. The molecule has 0 saturated carbocycles. The summed E-state index contributed by atoms with van der Waals surface area (Å²) < 4.78 is 9.53. The van der Waals surface area contributed by atoms with E-state index in [1.165, 1.54) is 31.8 Å². The Bertz CT molecular complexity index is 654. The predicted molar refractivity (Wildman–Crippen MR) is 73.0 cm³/mol. The van der Waals surface area contributed by atoms with Gasteiger partial charge in [-0.05, 0) is 12.1 Å². The first-order valence-corrected chi connectivity index (χ1v) is 5.99. The van der Waals surface area contributed by atoms with Crippen LogP contribution in [0.2, 0.25) is 0 Å². The van der Waals surface area contributed by atoms with Crippen molar-refractivity contribution in [3.63, 3.8) is 0 Å². The fourth-order valence-electron chi connectivity index (χ4n) is 1.81. The van der Waals surface area contributed by atoms with Crippen molar-refractivity contribution in [2.45, 2.75) is 6.54 Å². The minimum Gasteiger partial charge on any atom is -0.472 e. The summed E-state index contributed by atoms with van der Waals surface area (Å²) in [4.78, 5) is 27.6. The number of esters is 1. The first-order chi connectivity index (χ1) is 10.0. The highest BCUT2D eigenvalue weighted by atomic mass is 16.6. The Morgan fingerprint density at radius 3 is 2.81 bits per heavy atom. The molecule has 8 heteroatoms. The molecule has 110 valence electrons. The predicted octanol–water partition coefficient (Wildman–Crippen LogP) is 2.01. The molecule has 0 unspecified atom stereocenters. The molecule has 0 radical (unpaired) electrons. The van der Waals surface area contributed by atoms with Crippen molar-refractivity contribution in [1.82, 2.24) is 4.98 Å². The second kappa shape index (κ2) is 6.04. The van der Waals surface area contributed by atoms with Crippen LogP contribution in [0.4, 0.5) is 11.5 Å². The van der Waals surface area contributed by atoms with Crippen LogP contribution in [0.5, 0.6) is 0 Å². The molecule has 2 aromatic heterocycles. The summed E-state index contributed by atoms with van der Waals surface area (Å²) in [6, 6.07) is 4.24. The van der Waals surface area contributed by atoms with E-state index in [0.29, 0.717) is 6.54 Å².